The zero-order chi connectivity index (χ0) is 17.7. The van der Waals surface area contributed by atoms with E-state index in [1.807, 2.05) is 0 Å². The largest absolute Gasteiger partial charge is 0.508 e. The van der Waals surface area contributed by atoms with Gasteiger partial charge in [0, 0.05) is 5.56 Å². The Morgan fingerprint density at radius 3 is 2.50 bits per heavy atom. The van der Waals surface area contributed by atoms with Crippen molar-refractivity contribution in [2.45, 2.75) is 6.61 Å². The Morgan fingerprint density at radius 2 is 1.92 bits per heavy atom. The van der Waals surface area contributed by atoms with E-state index in [1.165, 1.54) is 55.7 Å². The molecule has 0 saturated carbocycles. The van der Waals surface area contributed by atoms with E-state index in [9.17, 15) is 18.7 Å². The number of halogens is 3. The summed E-state index contributed by atoms with van der Waals surface area (Å²) in [6.45, 7) is -3.03. The number of aromatic hydroxyl groups is 1. The first-order valence-electron chi connectivity index (χ1n) is 6.74. The molecule has 2 aromatic rings. The number of methoxy groups -OCH3 is 1. The van der Waals surface area contributed by atoms with Crippen molar-refractivity contribution in [1.29, 1.82) is 0 Å². The molecule has 0 atom stereocenters. The molecule has 0 bridgehead atoms. The molecule has 0 spiro atoms. The highest BCUT2D eigenvalue weighted by atomic mass is 35.5. The van der Waals surface area contributed by atoms with Crippen LogP contribution >= 0.6 is 11.6 Å². The highest BCUT2D eigenvalue weighted by Crippen LogP contribution is 2.37. The third-order valence-corrected chi connectivity index (χ3v) is 3.32. The second-order valence-electron chi connectivity index (χ2n) is 4.66. The normalized spacial score (nSPS) is 11.0. The lowest BCUT2D eigenvalue weighted by Crippen LogP contribution is -2.04. The molecule has 0 heterocycles. The number of carbonyl (C=O) groups is 1. The first-order chi connectivity index (χ1) is 11.4. The summed E-state index contributed by atoms with van der Waals surface area (Å²) in [6.07, 6.45) is 2.76. The molecule has 2 rings (SSSR count). The number of hydrogen-bond acceptors (Lipinski definition) is 4. The Balaban J connectivity index is 2.24. The van der Waals surface area contributed by atoms with Gasteiger partial charge in [0.1, 0.15) is 5.75 Å². The number of allylic oxidation sites excluding steroid dienone is 1. The van der Waals surface area contributed by atoms with Gasteiger partial charge in [-0.05, 0) is 48.0 Å². The van der Waals surface area contributed by atoms with Crippen LogP contribution in [0.15, 0.2) is 42.5 Å². The van der Waals surface area contributed by atoms with Crippen molar-refractivity contribution in [3.8, 4) is 17.2 Å². The number of hydrogen-bond donors (Lipinski definition) is 1. The van der Waals surface area contributed by atoms with Crippen molar-refractivity contribution in [3.63, 3.8) is 0 Å². The Kier molecular flexibility index (Phi) is 5.76. The van der Waals surface area contributed by atoms with Crippen molar-refractivity contribution in [2.24, 2.45) is 0 Å². The van der Waals surface area contributed by atoms with Crippen LogP contribution in [0.4, 0.5) is 8.78 Å². The molecule has 0 unspecified atom stereocenters. The summed E-state index contributed by atoms with van der Waals surface area (Å²) in [5.41, 5.74) is 0.866. The molecule has 0 saturated heterocycles. The standard InChI is InChI=1S/C17H13ClF2O4/c1-23-15-9-10(8-13(18)16(15)24-17(19)20)2-7-14(22)11-3-5-12(21)6-4-11/h2-9,17,21H,1H3/b7-2+. The van der Waals surface area contributed by atoms with E-state index in [1.54, 1.807) is 0 Å². The summed E-state index contributed by atoms with van der Waals surface area (Å²) in [4.78, 5) is 12.0. The molecule has 0 aromatic heterocycles. The maximum Gasteiger partial charge on any atom is 0.387 e. The van der Waals surface area contributed by atoms with Crippen molar-refractivity contribution in [1.82, 2.24) is 0 Å². The van der Waals surface area contributed by atoms with Crippen LogP contribution in [0, 0.1) is 0 Å². The fourth-order valence-electron chi connectivity index (χ4n) is 1.93. The molecule has 0 fully saturated rings. The van der Waals surface area contributed by atoms with Crippen molar-refractivity contribution >= 4 is 23.5 Å². The van der Waals surface area contributed by atoms with Crippen LogP contribution in [-0.4, -0.2) is 24.6 Å². The maximum absolute atomic E-state index is 12.4. The van der Waals surface area contributed by atoms with Crippen LogP contribution in [-0.2, 0) is 0 Å². The lowest BCUT2D eigenvalue weighted by molar-refractivity contribution is -0.0511. The van der Waals surface area contributed by atoms with Crippen molar-refractivity contribution in [3.05, 3.63) is 58.6 Å². The Bertz CT molecular complexity index is 758. The molecule has 0 radical (unpaired) electrons. The van der Waals surface area contributed by atoms with Gasteiger partial charge in [-0.25, -0.2) is 0 Å². The topological polar surface area (TPSA) is 55.8 Å². The lowest BCUT2D eigenvalue weighted by Gasteiger charge is -2.12. The third-order valence-electron chi connectivity index (χ3n) is 3.04. The minimum atomic E-state index is -3.03. The average molecular weight is 355 g/mol. The smallest absolute Gasteiger partial charge is 0.387 e. The molecule has 1 N–H and O–H groups in total. The van der Waals surface area contributed by atoms with Gasteiger partial charge >= 0.3 is 6.61 Å². The predicted octanol–water partition coefficient (Wildman–Crippen LogP) is 4.55. The van der Waals surface area contributed by atoms with Gasteiger partial charge in [-0.2, -0.15) is 8.78 Å². The zero-order valence-electron chi connectivity index (χ0n) is 12.5. The first kappa shape index (κ1) is 17.7. The predicted molar refractivity (Wildman–Crippen MR) is 86.1 cm³/mol. The number of alkyl halides is 2. The molecule has 24 heavy (non-hydrogen) atoms. The molecule has 4 nitrogen and oxygen atoms in total. The molecule has 2 aromatic carbocycles. The number of phenolic OH excluding ortho intramolecular Hbond substituents is 1. The van der Waals surface area contributed by atoms with E-state index in [2.05, 4.69) is 4.74 Å². The first-order valence-corrected chi connectivity index (χ1v) is 7.12. The van der Waals surface area contributed by atoms with Gasteiger partial charge in [-0.15, -0.1) is 0 Å². The van der Waals surface area contributed by atoms with E-state index >= 15 is 0 Å². The van der Waals surface area contributed by atoms with Gasteiger partial charge in [0.25, 0.3) is 0 Å². The SMILES string of the molecule is COc1cc(/C=C/C(=O)c2ccc(O)cc2)cc(Cl)c1OC(F)F. The lowest BCUT2D eigenvalue weighted by atomic mass is 10.1. The summed E-state index contributed by atoms with van der Waals surface area (Å²) in [7, 11) is 1.29. The van der Waals surface area contributed by atoms with E-state index in [-0.39, 0.29) is 28.1 Å². The van der Waals surface area contributed by atoms with E-state index in [0.717, 1.165) is 0 Å². The highest BCUT2D eigenvalue weighted by Gasteiger charge is 2.15. The van der Waals surface area contributed by atoms with Crippen LogP contribution < -0.4 is 9.47 Å². The Labute approximate surface area is 141 Å². The summed E-state index contributed by atoms with van der Waals surface area (Å²) < 4.78 is 34.1. The minimum Gasteiger partial charge on any atom is -0.508 e. The fraction of sp³-hybridized carbons (Fsp3) is 0.118. The summed E-state index contributed by atoms with van der Waals surface area (Å²) in [5, 5.41) is 9.14. The second-order valence-corrected chi connectivity index (χ2v) is 5.06. The van der Waals surface area contributed by atoms with Crippen LogP contribution in [0.1, 0.15) is 15.9 Å². The van der Waals surface area contributed by atoms with Crippen molar-refractivity contribution in [2.75, 3.05) is 7.11 Å². The number of phenols is 1. The molecule has 0 amide bonds. The van der Waals surface area contributed by atoms with E-state index < -0.39 is 6.61 Å². The molecule has 0 aliphatic heterocycles. The number of benzene rings is 2. The van der Waals surface area contributed by atoms with Gasteiger partial charge in [0.2, 0.25) is 0 Å². The Hall–Kier alpha value is -2.60. The highest BCUT2D eigenvalue weighted by molar-refractivity contribution is 6.32. The van der Waals surface area contributed by atoms with Gasteiger partial charge < -0.3 is 14.6 Å². The number of carbonyl (C=O) groups excluding carboxylic acids is 1. The minimum absolute atomic E-state index is 0.0273. The van der Waals surface area contributed by atoms with Crippen LogP contribution in [0.3, 0.4) is 0 Å². The number of rotatable bonds is 6. The van der Waals surface area contributed by atoms with Crippen LogP contribution in [0.2, 0.25) is 5.02 Å². The molecule has 0 aliphatic carbocycles. The van der Waals surface area contributed by atoms with Gasteiger partial charge in [-0.3, -0.25) is 4.79 Å². The molecule has 7 heteroatoms. The Morgan fingerprint density at radius 1 is 1.25 bits per heavy atom. The van der Waals surface area contributed by atoms with Gasteiger partial charge in [-0.1, -0.05) is 17.7 Å². The average Bonchev–Trinajstić information content (AvgIpc) is 2.55. The second kappa shape index (κ2) is 7.79. The van der Waals surface area contributed by atoms with Crippen molar-refractivity contribution < 1.29 is 28.2 Å². The quantitative estimate of drug-likeness (QED) is 0.610. The molecular weight excluding hydrogens is 342 g/mol. The summed E-state index contributed by atoms with van der Waals surface area (Å²) in [5.74, 6) is -0.477. The molecular formula is C17H13ClF2O4. The van der Waals surface area contributed by atoms with Gasteiger partial charge in [0.05, 0.1) is 12.1 Å². The van der Waals surface area contributed by atoms with E-state index in [0.29, 0.717) is 11.1 Å². The van der Waals surface area contributed by atoms with Gasteiger partial charge in [0.15, 0.2) is 17.3 Å². The number of ketones is 1. The fourth-order valence-corrected chi connectivity index (χ4v) is 2.20. The summed E-state index contributed by atoms with van der Waals surface area (Å²) >= 11 is 5.92. The van der Waals surface area contributed by atoms with Crippen LogP contribution in [0.5, 0.6) is 17.2 Å². The summed E-state index contributed by atoms with van der Waals surface area (Å²) in [6, 6.07) is 8.56. The molecule has 0 aliphatic rings. The van der Waals surface area contributed by atoms with E-state index in [4.69, 9.17) is 16.3 Å². The monoisotopic (exact) mass is 354 g/mol. The third kappa shape index (κ3) is 4.45. The maximum atomic E-state index is 12.4. The zero-order valence-corrected chi connectivity index (χ0v) is 13.3. The number of ether oxygens (including phenoxy) is 2. The molecule has 126 valence electrons. The van der Waals surface area contributed by atoms with Crippen LogP contribution in [0.25, 0.3) is 6.08 Å².